The van der Waals surface area contributed by atoms with Crippen LogP contribution in [0, 0.1) is 13.8 Å². The van der Waals surface area contributed by atoms with E-state index in [1.54, 1.807) is 0 Å². The number of hydrogen-bond donors (Lipinski definition) is 0. The standard InChI is InChI=1S/C25H36N4O3/c1-5-29-19(3)22(18(2)26-29)17-27-12-13-32-24-10-9-20(14-21(24)16-27)15-28-11-7-6-8-23(28)25(30)31-4/h9-10,14,23H,5-8,11-13,15-17H2,1-4H3. The Kier molecular flexibility index (Phi) is 7.16. The molecule has 1 saturated heterocycles. The van der Waals surface area contributed by atoms with Gasteiger partial charge >= 0.3 is 5.97 Å². The maximum Gasteiger partial charge on any atom is 0.323 e. The molecule has 0 bridgehead atoms. The lowest BCUT2D eigenvalue weighted by molar-refractivity contribution is -0.148. The first-order valence-electron chi connectivity index (χ1n) is 11.8. The van der Waals surface area contributed by atoms with Crippen LogP contribution >= 0.6 is 0 Å². The fraction of sp³-hybridized carbons (Fsp3) is 0.600. The molecule has 2 aromatic rings. The number of esters is 1. The number of benzene rings is 1. The van der Waals surface area contributed by atoms with Crippen molar-refractivity contribution in [3.63, 3.8) is 0 Å². The molecule has 3 heterocycles. The van der Waals surface area contributed by atoms with Crippen molar-refractivity contribution >= 4 is 5.97 Å². The van der Waals surface area contributed by atoms with Gasteiger partial charge in [-0.1, -0.05) is 12.5 Å². The van der Waals surface area contributed by atoms with Gasteiger partial charge in [-0.2, -0.15) is 5.10 Å². The zero-order valence-electron chi connectivity index (χ0n) is 19.9. The number of hydrogen-bond acceptors (Lipinski definition) is 6. The van der Waals surface area contributed by atoms with Gasteiger partial charge in [-0.3, -0.25) is 19.3 Å². The number of likely N-dealkylation sites (tertiary alicyclic amines) is 1. The molecule has 2 aliphatic rings. The van der Waals surface area contributed by atoms with Crippen LogP contribution in [0.15, 0.2) is 18.2 Å². The average molecular weight is 441 g/mol. The number of methoxy groups -OCH3 is 1. The summed E-state index contributed by atoms with van der Waals surface area (Å²) >= 11 is 0. The normalized spacial score (nSPS) is 19.8. The smallest absolute Gasteiger partial charge is 0.323 e. The number of aryl methyl sites for hydroxylation is 2. The minimum Gasteiger partial charge on any atom is -0.492 e. The monoisotopic (exact) mass is 440 g/mol. The van der Waals surface area contributed by atoms with Crippen molar-refractivity contribution in [1.82, 2.24) is 19.6 Å². The third-order valence-electron chi connectivity index (χ3n) is 6.87. The van der Waals surface area contributed by atoms with Crippen molar-refractivity contribution in [1.29, 1.82) is 0 Å². The van der Waals surface area contributed by atoms with E-state index >= 15 is 0 Å². The Morgan fingerprint density at radius 1 is 1.22 bits per heavy atom. The first-order chi connectivity index (χ1) is 15.5. The Labute approximate surface area is 191 Å². The largest absolute Gasteiger partial charge is 0.492 e. The molecule has 1 aromatic heterocycles. The summed E-state index contributed by atoms with van der Waals surface area (Å²) in [7, 11) is 1.48. The highest BCUT2D eigenvalue weighted by atomic mass is 16.5. The molecule has 7 heteroatoms. The van der Waals surface area contributed by atoms with Crippen molar-refractivity contribution in [3.8, 4) is 5.75 Å². The SMILES string of the molecule is CCn1nc(C)c(CN2CCOc3ccc(CN4CCCCC4C(=O)OC)cc3C2)c1C. The molecule has 1 unspecified atom stereocenters. The first-order valence-corrected chi connectivity index (χ1v) is 11.8. The second-order valence-electron chi connectivity index (χ2n) is 8.97. The van der Waals surface area contributed by atoms with E-state index in [1.807, 2.05) is 0 Å². The van der Waals surface area contributed by atoms with E-state index in [-0.39, 0.29) is 12.0 Å². The number of fused-ring (bicyclic) bond motifs is 1. The number of nitrogens with zero attached hydrogens (tertiary/aromatic N) is 4. The lowest BCUT2D eigenvalue weighted by Crippen LogP contribution is -2.44. The molecule has 0 aliphatic carbocycles. The van der Waals surface area contributed by atoms with Gasteiger partial charge in [0.05, 0.1) is 12.8 Å². The summed E-state index contributed by atoms with van der Waals surface area (Å²) in [6.07, 6.45) is 3.08. The highest BCUT2D eigenvalue weighted by molar-refractivity contribution is 5.75. The molecule has 2 aliphatic heterocycles. The molecule has 0 amide bonds. The molecule has 0 N–H and O–H groups in total. The molecule has 1 fully saturated rings. The van der Waals surface area contributed by atoms with Gasteiger partial charge in [0.1, 0.15) is 18.4 Å². The van der Waals surface area contributed by atoms with Gasteiger partial charge in [-0.15, -0.1) is 0 Å². The molecule has 0 spiro atoms. The van der Waals surface area contributed by atoms with E-state index < -0.39 is 0 Å². The predicted molar refractivity (Wildman–Crippen MR) is 123 cm³/mol. The summed E-state index contributed by atoms with van der Waals surface area (Å²) in [4.78, 5) is 17.0. The van der Waals surface area contributed by atoms with E-state index in [2.05, 4.69) is 58.6 Å². The third kappa shape index (κ3) is 4.84. The highest BCUT2D eigenvalue weighted by Gasteiger charge is 2.29. The highest BCUT2D eigenvalue weighted by Crippen LogP contribution is 2.28. The van der Waals surface area contributed by atoms with Crippen LogP contribution in [0.5, 0.6) is 5.75 Å². The molecule has 1 atom stereocenters. The van der Waals surface area contributed by atoms with Crippen LogP contribution in [0.3, 0.4) is 0 Å². The van der Waals surface area contributed by atoms with Gasteiger partial charge in [0.25, 0.3) is 0 Å². The number of carbonyl (C=O) groups excluding carboxylic acids is 1. The van der Waals surface area contributed by atoms with Gasteiger partial charge in [0.15, 0.2) is 0 Å². The van der Waals surface area contributed by atoms with E-state index in [0.717, 1.165) is 70.0 Å². The molecule has 174 valence electrons. The second kappa shape index (κ2) is 10.0. The summed E-state index contributed by atoms with van der Waals surface area (Å²) in [5.41, 5.74) is 6.12. The summed E-state index contributed by atoms with van der Waals surface area (Å²) in [5, 5.41) is 4.68. The zero-order valence-corrected chi connectivity index (χ0v) is 19.9. The Balaban J connectivity index is 1.50. The van der Waals surface area contributed by atoms with Crippen LogP contribution in [-0.2, 0) is 35.7 Å². The van der Waals surface area contributed by atoms with Crippen molar-refractivity contribution in [2.75, 3.05) is 26.8 Å². The van der Waals surface area contributed by atoms with Crippen molar-refractivity contribution < 1.29 is 14.3 Å². The maximum absolute atomic E-state index is 12.2. The Bertz CT molecular complexity index is 955. The fourth-order valence-electron chi connectivity index (χ4n) is 5.05. The zero-order chi connectivity index (χ0) is 22.7. The second-order valence-corrected chi connectivity index (χ2v) is 8.97. The molecule has 32 heavy (non-hydrogen) atoms. The molecule has 0 radical (unpaired) electrons. The van der Waals surface area contributed by atoms with Gasteiger partial charge in [-0.05, 0) is 57.9 Å². The van der Waals surface area contributed by atoms with Crippen molar-refractivity contribution in [3.05, 3.63) is 46.3 Å². The number of piperidine rings is 1. The van der Waals surface area contributed by atoms with Crippen LogP contribution in [0.1, 0.15) is 54.3 Å². The maximum atomic E-state index is 12.2. The van der Waals surface area contributed by atoms with Crippen LogP contribution in [0.4, 0.5) is 0 Å². The Morgan fingerprint density at radius 2 is 2.06 bits per heavy atom. The van der Waals surface area contributed by atoms with Crippen LogP contribution in [-0.4, -0.2) is 58.4 Å². The predicted octanol–water partition coefficient (Wildman–Crippen LogP) is 3.44. The van der Waals surface area contributed by atoms with E-state index in [9.17, 15) is 4.79 Å². The molecular formula is C25H36N4O3. The summed E-state index contributed by atoms with van der Waals surface area (Å²) in [6, 6.07) is 6.35. The molecule has 1 aromatic carbocycles. The summed E-state index contributed by atoms with van der Waals surface area (Å²) in [5.74, 6) is 0.851. The number of rotatable bonds is 6. The van der Waals surface area contributed by atoms with Gasteiger partial charge in [-0.25, -0.2) is 0 Å². The lowest BCUT2D eigenvalue weighted by atomic mass is 10.0. The van der Waals surface area contributed by atoms with Gasteiger partial charge in [0.2, 0.25) is 0 Å². The molecular weight excluding hydrogens is 404 g/mol. The van der Waals surface area contributed by atoms with Crippen molar-refractivity contribution in [2.24, 2.45) is 0 Å². The number of ether oxygens (including phenoxy) is 2. The minimum atomic E-state index is -0.138. The van der Waals surface area contributed by atoms with Crippen LogP contribution in [0.2, 0.25) is 0 Å². The van der Waals surface area contributed by atoms with Gasteiger partial charge < -0.3 is 9.47 Å². The topological polar surface area (TPSA) is 59.8 Å². The van der Waals surface area contributed by atoms with E-state index in [4.69, 9.17) is 9.47 Å². The third-order valence-corrected chi connectivity index (χ3v) is 6.87. The summed E-state index contributed by atoms with van der Waals surface area (Å²) < 4.78 is 13.2. The lowest BCUT2D eigenvalue weighted by Gasteiger charge is -2.33. The Hall–Kier alpha value is -2.38. The number of aromatic nitrogens is 2. The minimum absolute atomic E-state index is 0.118. The van der Waals surface area contributed by atoms with Crippen LogP contribution in [0.25, 0.3) is 0 Å². The number of carbonyl (C=O) groups is 1. The fourth-order valence-corrected chi connectivity index (χ4v) is 5.05. The average Bonchev–Trinajstić information content (AvgIpc) is 2.95. The Morgan fingerprint density at radius 3 is 2.81 bits per heavy atom. The van der Waals surface area contributed by atoms with Gasteiger partial charge in [0, 0.05) is 49.5 Å². The van der Waals surface area contributed by atoms with Crippen molar-refractivity contribution in [2.45, 2.75) is 72.3 Å². The van der Waals surface area contributed by atoms with E-state index in [1.165, 1.54) is 29.5 Å². The quantitative estimate of drug-likeness (QED) is 0.642. The summed E-state index contributed by atoms with van der Waals surface area (Å²) in [6.45, 7) is 12.3. The molecule has 0 saturated carbocycles. The molecule has 7 nitrogen and oxygen atoms in total. The van der Waals surface area contributed by atoms with Crippen LogP contribution < -0.4 is 4.74 Å². The first kappa shape index (κ1) is 22.8. The van der Waals surface area contributed by atoms with E-state index in [0.29, 0.717) is 6.61 Å². The molecule has 4 rings (SSSR count).